The van der Waals surface area contributed by atoms with Crippen molar-refractivity contribution in [3.05, 3.63) is 81.4 Å². The number of hydrogen-bond donors (Lipinski definition) is 1. The molecule has 1 aromatic heterocycles. The van der Waals surface area contributed by atoms with Gasteiger partial charge in [-0.2, -0.15) is 0 Å². The molecule has 0 saturated carbocycles. The van der Waals surface area contributed by atoms with Gasteiger partial charge >= 0.3 is 0 Å². The van der Waals surface area contributed by atoms with Gasteiger partial charge in [0.25, 0.3) is 10.9 Å². The molecule has 4 rings (SSSR count). The van der Waals surface area contributed by atoms with E-state index in [2.05, 4.69) is 10.3 Å². The first-order valence-corrected chi connectivity index (χ1v) is 10.2. The van der Waals surface area contributed by atoms with Gasteiger partial charge < -0.3 is 14.5 Å². The quantitative estimate of drug-likeness (QED) is 0.388. The summed E-state index contributed by atoms with van der Waals surface area (Å²) in [4.78, 5) is 27.8. The largest absolute Gasteiger partial charge is 0.494 e. The molecular weight excluding hydrogens is 418 g/mol. The van der Waals surface area contributed by atoms with Crippen LogP contribution in [0.25, 0.3) is 17.4 Å². The monoisotopic (exact) mass is 435 g/mol. The third-order valence-electron chi connectivity index (χ3n) is 4.31. The van der Waals surface area contributed by atoms with Gasteiger partial charge in [-0.25, -0.2) is 4.99 Å². The van der Waals surface area contributed by atoms with Crippen LogP contribution in [0.3, 0.4) is 0 Å². The molecule has 156 valence electrons. The van der Waals surface area contributed by atoms with E-state index in [9.17, 15) is 14.9 Å². The summed E-state index contributed by atoms with van der Waals surface area (Å²) in [7, 11) is 0. The number of nitrogens with one attached hydrogen (secondary N) is 1. The zero-order valence-corrected chi connectivity index (χ0v) is 17.2. The van der Waals surface area contributed by atoms with E-state index < -0.39 is 4.92 Å². The highest BCUT2D eigenvalue weighted by atomic mass is 32.2. The van der Waals surface area contributed by atoms with Crippen molar-refractivity contribution in [2.45, 2.75) is 6.92 Å². The van der Waals surface area contributed by atoms with Crippen molar-refractivity contribution in [1.82, 2.24) is 5.32 Å². The smallest absolute Gasteiger partial charge is 0.289 e. The summed E-state index contributed by atoms with van der Waals surface area (Å²) in [5.74, 6) is 1.96. The highest BCUT2D eigenvalue weighted by Gasteiger charge is 2.24. The van der Waals surface area contributed by atoms with Gasteiger partial charge in [0.2, 0.25) is 0 Å². The van der Waals surface area contributed by atoms with Gasteiger partial charge in [-0.1, -0.05) is 12.1 Å². The van der Waals surface area contributed by atoms with Crippen LogP contribution in [-0.4, -0.2) is 22.6 Å². The number of carbonyl (C=O) groups excluding carboxylic acids is 1. The maximum absolute atomic E-state index is 11.9. The van der Waals surface area contributed by atoms with E-state index in [0.29, 0.717) is 40.1 Å². The van der Waals surface area contributed by atoms with Crippen LogP contribution in [0.15, 0.2) is 75.0 Å². The van der Waals surface area contributed by atoms with Gasteiger partial charge in [0.1, 0.15) is 23.1 Å². The van der Waals surface area contributed by atoms with E-state index in [4.69, 9.17) is 9.15 Å². The van der Waals surface area contributed by atoms with Crippen molar-refractivity contribution in [2.24, 2.45) is 4.99 Å². The molecule has 0 atom stereocenters. The summed E-state index contributed by atoms with van der Waals surface area (Å²) in [6.45, 7) is 2.48. The van der Waals surface area contributed by atoms with E-state index in [1.807, 2.05) is 19.1 Å². The molecular formula is C22H17N3O5S. The Morgan fingerprint density at radius 3 is 2.68 bits per heavy atom. The topological polar surface area (TPSA) is 107 Å². The maximum Gasteiger partial charge on any atom is 0.289 e. The van der Waals surface area contributed by atoms with Crippen molar-refractivity contribution < 1.29 is 18.9 Å². The molecule has 1 fully saturated rings. The average molecular weight is 435 g/mol. The number of nitro benzene ring substituents is 1. The third kappa shape index (κ3) is 4.67. The Balaban J connectivity index is 1.62. The van der Waals surface area contributed by atoms with Crippen molar-refractivity contribution in [3.63, 3.8) is 0 Å². The second kappa shape index (κ2) is 8.88. The van der Waals surface area contributed by atoms with Gasteiger partial charge in [-0.15, -0.1) is 0 Å². The highest BCUT2D eigenvalue weighted by Crippen LogP contribution is 2.33. The molecule has 1 saturated heterocycles. The fraction of sp³-hybridized carbons (Fsp3) is 0.0909. The molecule has 3 aromatic rings. The molecule has 1 aliphatic rings. The van der Waals surface area contributed by atoms with Crippen LogP contribution in [0.1, 0.15) is 12.7 Å². The number of benzene rings is 2. The van der Waals surface area contributed by atoms with Crippen molar-refractivity contribution >= 4 is 40.3 Å². The number of amides is 1. The number of amidine groups is 1. The molecule has 2 aromatic carbocycles. The van der Waals surface area contributed by atoms with Gasteiger partial charge in [0, 0.05) is 6.07 Å². The van der Waals surface area contributed by atoms with E-state index in [-0.39, 0.29) is 10.9 Å². The lowest BCUT2D eigenvalue weighted by molar-refractivity contribution is -0.384. The normalized spacial score (nSPS) is 16.0. The van der Waals surface area contributed by atoms with Gasteiger partial charge in [-0.05, 0) is 67.2 Å². The number of carbonyl (C=O) groups is 1. The number of thioether (sulfide) groups is 1. The molecule has 9 heteroatoms. The molecule has 0 spiro atoms. The van der Waals surface area contributed by atoms with Crippen molar-refractivity contribution in [3.8, 4) is 17.1 Å². The average Bonchev–Trinajstić information content (AvgIpc) is 3.36. The summed E-state index contributed by atoms with van der Waals surface area (Å²) in [5, 5.41) is 13.7. The van der Waals surface area contributed by atoms with E-state index in [1.165, 1.54) is 6.07 Å². The predicted molar refractivity (Wildman–Crippen MR) is 120 cm³/mol. The SMILES string of the molecule is CCOc1ccc(N=C2NC(=O)SC2=Cc2ccc(-c3ccccc3[N+](=O)[O-])o2)cc1. The van der Waals surface area contributed by atoms with E-state index in [1.54, 1.807) is 48.5 Å². The second-order valence-corrected chi connectivity index (χ2v) is 7.40. The summed E-state index contributed by atoms with van der Waals surface area (Å²) >= 11 is 1.000. The molecule has 1 N–H and O–H groups in total. The minimum Gasteiger partial charge on any atom is -0.494 e. The Bertz CT molecular complexity index is 1200. The van der Waals surface area contributed by atoms with Gasteiger partial charge in [0.15, 0.2) is 0 Å². The van der Waals surface area contributed by atoms with Crippen LogP contribution in [0, 0.1) is 10.1 Å². The molecule has 0 radical (unpaired) electrons. The van der Waals surface area contributed by atoms with Crippen LogP contribution in [0.5, 0.6) is 5.75 Å². The first kappa shape index (κ1) is 20.4. The number of nitrogens with zero attached hydrogens (tertiary/aromatic N) is 2. The second-order valence-electron chi connectivity index (χ2n) is 6.39. The number of para-hydroxylation sites is 1. The first-order chi connectivity index (χ1) is 15.0. The molecule has 31 heavy (non-hydrogen) atoms. The van der Waals surface area contributed by atoms with Gasteiger partial charge in [0.05, 0.1) is 27.7 Å². The maximum atomic E-state index is 11.9. The predicted octanol–water partition coefficient (Wildman–Crippen LogP) is 5.78. The lowest BCUT2D eigenvalue weighted by atomic mass is 10.1. The number of rotatable bonds is 6. The number of furan rings is 1. The summed E-state index contributed by atoms with van der Waals surface area (Å²) < 4.78 is 11.2. The van der Waals surface area contributed by atoms with E-state index in [0.717, 1.165) is 17.5 Å². The number of nitro groups is 1. The van der Waals surface area contributed by atoms with Crippen molar-refractivity contribution in [1.29, 1.82) is 0 Å². The number of ether oxygens (including phenoxy) is 1. The summed E-state index contributed by atoms with van der Waals surface area (Å²) in [5.41, 5.74) is 1.00. The Kier molecular flexibility index (Phi) is 5.85. The molecule has 2 heterocycles. The minimum atomic E-state index is -0.451. The highest BCUT2D eigenvalue weighted by molar-refractivity contribution is 8.18. The van der Waals surface area contributed by atoms with Crippen LogP contribution in [0.4, 0.5) is 16.2 Å². The summed E-state index contributed by atoms with van der Waals surface area (Å²) in [6.07, 6.45) is 1.67. The zero-order valence-electron chi connectivity index (χ0n) is 16.4. The molecule has 1 aliphatic heterocycles. The molecule has 0 aliphatic carbocycles. The molecule has 8 nitrogen and oxygen atoms in total. The minimum absolute atomic E-state index is 0.0408. The lowest BCUT2D eigenvalue weighted by Crippen LogP contribution is -2.18. The lowest BCUT2D eigenvalue weighted by Gasteiger charge is -2.03. The van der Waals surface area contributed by atoms with Crippen LogP contribution >= 0.6 is 11.8 Å². The molecule has 1 amide bonds. The molecule has 0 unspecified atom stereocenters. The zero-order chi connectivity index (χ0) is 21.8. The standard InChI is InChI=1S/C22H17N3O5S/c1-2-29-15-9-7-14(8-10-15)23-21-20(31-22(26)24-21)13-16-11-12-19(30-16)17-5-3-4-6-18(17)25(27)28/h3-13H,2H2,1H3,(H,23,24,26). The van der Waals surface area contributed by atoms with Crippen LogP contribution < -0.4 is 10.1 Å². The van der Waals surface area contributed by atoms with Gasteiger partial charge in [-0.3, -0.25) is 14.9 Å². The Labute approximate surface area is 181 Å². The summed E-state index contributed by atoms with van der Waals surface area (Å²) in [6, 6.07) is 16.9. The fourth-order valence-electron chi connectivity index (χ4n) is 2.97. The first-order valence-electron chi connectivity index (χ1n) is 9.39. The number of aliphatic imine (C=N–C) groups is 1. The van der Waals surface area contributed by atoms with E-state index >= 15 is 0 Å². The Morgan fingerprint density at radius 2 is 1.94 bits per heavy atom. The fourth-order valence-corrected chi connectivity index (χ4v) is 3.69. The molecule has 0 bridgehead atoms. The Morgan fingerprint density at radius 1 is 1.16 bits per heavy atom. The Hall–Kier alpha value is -3.85. The van der Waals surface area contributed by atoms with Crippen LogP contribution in [0.2, 0.25) is 0 Å². The van der Waals surface area contributed by atoms with Crippen LogP contribution in [-0.2, 0) is 0 Å². The number of hydrogen-bond acceptors (Lipinski definition) is 7. The van der Waals surface area contributed by atoms with Crippen molar-refractivity contribution in [2.75, 3.05) is 6.61 Å². The third-order valence-corrected chi connectivity index (χ3v) is 5.13.